The van der Waals surface area contributed by atoms with Crippen molar-refractivity contribution < 1.29 is 9.53 Å². The Labute approximate surface area is 100 Å². The first-order valence-electron chi connectivity index (χ1n) is 5.56. The van der Waals surface area contributed by atoms with Crippen LogP contribution in [0.2, 0.25) is 0 Å². The molecule has 92 valence electrons. The molecule has 1 aliphatic heterocycles. The van der Waals surface area contributed by atoms with Crippen LogP contribution < -0.4 is 16.8 Å². The first kappa shape index (κ1) is 11.7. The number of nitrogens with one attached hydrogen (secondary N) is 1. The summed E-state index contributed by atoms with van der Waals surface area (Å²) in [5.41, 5.74) is 12.6. The van der Waals surface area contributed by atoms with Gasteiger partial charge in [0.25, 0.3) is 5.91 Å². The average Bonchev–Trinajstić information content (AvgIpc) is 2.68. The summed E-state index contributed by atoms with van der Waals surface area (Å²) in [5, 5.41) is 3.28. The highest BCUT2D eigenvalue weighted by molar-refractivity contribution is 6.01. The summed E-state index contributed by atoms with van der Waals surface area (Å²) in [6.45, 7) is 3.35. The van der Waals surface area contributed by atoms with Crippen molar-refractivity contribution in [1.29, 1.82) is 0 Å². The SMILES string of the molecule is CC1(Nc2c(N)cccc2C(N)=O)CCOC1. The number of benzene rings is 1. The van der Waals surface area contributed by atoms with Gasteiger partial charge in [-0.1, -0.05) is 6.07 Å². The topological polar surface area (TPSA) is 90.4 Å². The maximum Gasteiger partial charge on any atom is 0.250 e. The minimum absolute atomic E-state index is 0.195. The smallest absolute Gasteiger partial charge is 0.250 e. The number of primary amides is 1. The zero-order chi connectivity index (χ0) is 12.5. The van der Waals surface area contributed by atoms with E-state index in [0.717, 1.165) is 6.42 Å². The number of hydrogen-bond acceptors (Lipinski definition) is 4. The molecule has 1 aromatic carbocycles. The van der Waals surface area contributed by atoms with Gasteiger partial charge < -0.3 is 21.5 Å². The van der Waals surface area contributed by atoms with Gasteiger partial charge in [-0.25, -0.2) is 0 Å². The predicted octanol–water partition coefficient (Wildman–Crippen LogP) is 0.959. The lowest BCUT2D eigenvalue weighted by atomic mass is 9.99. The van der Waals surface area contributed by atoms with E-state index in [4.69, 9.17) is 16.2 Å². The van der Waals surface area contributed by atoms with E-state index >= 15 is 0 Å². The highest BCUT2D eigenvalue weighted by atomic mass is 16.5. The molecule has 1 heterocycles. The Kier molecular flexibility index (Phi) is 2.93. The monoisotopic (exact) mass is 235 g/mol. The van der Waals surface area contributed by atoms with E-state index in [9.17, 15) is 4.79 Å². The summed E-state index contributed by atoms with van der Waals surface area (Å²) in [4.78, 5) is 11.3. The van der Waals surface area contributed by atoms with E-state index in [1.165, 1.54) is 0 Å². The second kappa shape index (κ2) is 4.25. The molecule has 1 amide bonds. The molecule has 0 saturated carbocycles. The minimum Gasteiger partial charge on any atom is -0.397 e. The van der Waals surface area contributed by atoms with Gasteiger partial charge in [-0.3, -0.25) is 4.79 Å². The molecule has 1 unspecified atom stereocenters. The maximum atomic E-state index is 11.3. The van der Waals surface area contributed by atoms with E-state index in [-0.39, 0.29) is 5.54 Å². The van der Waals surface area contributed by atoms with Crippen molar-refractivity contribution in [2.45, 2.75) is 18.9 Å². The molecule has 2 rings (SSSR count). The minimum atomic E-state index is -0.484. The zero-order valence-corrected chi connectivity index (χ0v) is 9.82. The molecule has 0 spiro atoms. The van der Waals surface area contributed by atoms with Crippen LogP contribution in [0.4, 0.5) is 11.4 Å². The second-order valence-corrected chi connectivity index (χ2v) is 4.62. The summed E-state index contributed by atoms with van der Waals surface area (Å²) in [7, 11) is 0. The van der Waals surface area contributed by atoms with Gasteiger partial charge in [0, 0.05) is 6.61 Å². The van der Waals surface area contributed by atoms with Gasteiger partial charge in [-0.05, 0) is 25.5 Å². The van der Waals surface area contributed by atoms with Crippen LogP contribution in [0.1, 0.15) is 23.7 Å². The van der Waals surface area contributed by atoms with Gasteiger partial charge in [-0.15, -0.1) is 0 Å². The standard InChI is InChI=1S/C12H17N3O2/c1-12(5-6-17-7-12)15-10-8(11(14)16)3-2-4-9(10)13/h2-4,15H,5-7,13H2,1H3,(H2,14,16). The second-order valence-electron chi connectivity index (χ2n) is 4.62. The Bertz CT molecular complexity index is 439. The Morgan fingerprint density at radius 1 is 1.53 bits per heavy atom. The normalized spacial score (nSPS) is 23.6. The van der Waals surface area contributed by atoms with Crippen LogP contribution in [0, 0.1) is 0 Å². The number of nitrogens with two attached hydrogens (primary N) is 2. The molecule has 1 fully saturated rings. The third kappa shape index (κ3) is 2.34. The molecule has 1 saturated heterocycles. The van der Waals surface area contributed by atoms with E-state index in [1.807, 2.05) is 6.92 Å². The number of carbonyl (C=O) groups is 1. The van der Waals surface area contributed by atoms with Crippen molar-refractivity contribution in [2.75, 3.05) is 24.3 Å². The number of carbonyl (C=O) groups excluding carboxylic acids is 1. The van der Waals surface area contributed by atoms with Gasteiger partial charge >= 0.3 is 0 Å². The molecule has 0 aliphatic carbocycles. The molecular weight excluding hydrogens is 218 g/mol. The van der Waals surface area contributed by atoms with Crippen molar-refractivity contribution in [2.24, 2.45) is 5.73 Å². The van der Waals surface area contributed by atoms with Gasteiger partial charge in [0.2, 0.25) is 0 Å². The fourth-order valence-corrected chi connectivity index (χ4v) is 1.98. The number of ether oxygens (including phenoxy) is 1. The van der Waals surface area contributed by atoms with E-state index < -0.39 is 5.91 Å². The van der Waals surface area contributed by atoms with Crippen LogP contribution in [0.5, 0.6) is 0 Å². The number of rotatable bonds is 3. The molecule has 5 heteroatoms. The summed E-state index contributed by atoms with van der Waals surface area (Å²) < 4.78 is 5.35. The fraction of sp³-hybridized carbons (Fsp3) is 0.417. The van der Waals surface area contributed by atoms with Crippen LogP contribution >= 0.6 is 0 Å². The van der Waals surface area contributed by atoms with Crippen LogP contribution in [-0.4, -0.2) is 24.7 Å². The van der Waals surface area contributed by atoms with Crippen molar-refractivity contribution in [3.63, 3.8) is 0 Å². The number of nitrogen functional groups attached to an aromatic ring is 1. The average molecular weight is 235 g/mol. The molecule has 17 heavy (non-hydrogen) atoms. The summed E-state index contributed by atoms with van der Waals surface area (Å²) >= 11 is 0. The number of para-hydroxylation sites is 1. The predicted molar refractivity (Wildman–Crippen MR) is 66.8 cm³/mol. The van der Waals surface area contributed by atoms with E-state index in [0.29, 0.717) is 30.2 Å². The molecule has 0 bridgehead atoms. The van der Waals surface area contributed by atoms with Crippen molar-refractivity contribution in [1.82, 2.24) is 0 Å². The molecule has 1 atom stereocenters. The molecule has 0 radical (unpaired) electrons. The Morgan fingerprint density at radius 3 is 2.88 bits per heavy atom. The lowest BCUT2D eigenvalue weighted by Crippen LogP contribution is -2.36. The van der Waals surface area contributed by atoms with Crippen LogP contribution in [0.3, 0.4) is 0 Å². The Balaban J connectivity index is 2.34. The van der Waals surface area contributed by atoms with Gasteiger partial charge in [-0.2, -0.15) is 0 Å². The highest BCUT2D eigenvalue weighted by Gasteiger charge is 2.31. The van der Waals surface area contributed by atoms with Gasteiger partial charge in [0.1, 0.15) is 0 Å². The molecule has 5 nitrogen and oxygen atoms in total. The van der Waals surface area contributed by atoms with Gasteiger partial charge in [0.05, 0.1) is 29.1 Å². The first-order valence-corrected chi connectivity index (χ1v) is 5.56. The Hall–Kier alpha value is -1.75. The van der Waals surface area contributed by atoms with Crippen LogP contribution in [-0.2, 0) is 4.74 Å². The lowest BCUT2D eigenvalue weighted by molar-refractivity contribution is 0.100. The number of amides is 1. The largest absolute Gasteiger partial charge is 0.397 e. The molecule has 0 aromatic heterocycles. The zero-order valence-electron chi connectivity index (χ0n) is 9.82. The maximum absolute atomic E-state index is 11.3. The summed E-state index contributed by atoms with van der Waals surface area (Å²) in [5.74, 6) is -0.484. The molecule has 5 N–H and O–H groups in total. The Morgan fingerprint density at radius 2 is 2.29 bits per heavy atom. The first-order chi connectivity index (χ1) is 8.02. The fourth-order valence-electron chi connectivity index (χ4n) is 1.98. The lowest BCUT2D eigenvalue weighted by Gasteiger charge is -2.27. The molecular formula is C12H17N3O2. The van der Waals surface area contributed by atoms with Crippen LogP contribution in [0.15, 0.2) is 18.2 Å². The third-order valence-electron chi connectivity index (χ3n) is 3.01. The van der Waals surface area contributed by atoms with E-state index in [1.54, 1.807) is 18.2 Å². The third-order valence-corrected chi connectivity index (χ3v) is 3.01. The number of hydrogen-bond donors (Lipinski definition) is 3. The molecule has 1 aliphatic rings. The quantitative estimate of drug-likeness (QED) is 0.680. The number of anilines is 2. The van der Waals surface area contributed by atoms with E-state index in [2.05, 4.69) is 5.32 Å². The molecule has 1 aromatic rings. The summed E-state index contributed by atoms with van der Waals surface area (Å²) in [6.07, 6.45) is 0.875. The van der Waals surface area contributed by atoms with Gasteiger partial charge in [0.15, 0.2) is 0 Å². The van der Waals surface area contributed by atoms with Crippen molar-refractivity contribution in [3.8, 4) is 0 Å². The van der Waals surface area contributed by atoms with Crippen LogP contribution in [0.25, 0.3) is 0 Å². The highest BCUT2D eigenvalue weighted by Crippen LogP contribution is 2.30. The van der Waals surface area contributed by atoms with Crippen molar-refractivity contribution in [3.05, 3.63) is 23.8 Å². The van der Waals surface area contributed by atoms with Crippen molar-refractivity contribution >= 4 is 17.3 Å². The summed E-state index contributed by atoms with van der Waals surface area (Å²) in [6, 6.07) is 5.13.